The Balaban J connectivity index is 0. The molecule has 0 atom stereocenters. The van der Waals surface area contributed by atoms with Crippen LogP contribution in [-0.2, 0) is 14.9 Å². The van der Waals surface area contributed by atoms with Crippen molar-refractivity contribution in [2.45, 2.75) is 19.8 Å². The second-order valence-electron chi connectivity index (χ2n) is 2.62. The van der Waals surface area contributed by atoms with E-state index in [1.807, 2.05) is 0 Å². The minimum absolute atomic E-state index is 0. The van der Waals surface area contributed by atoms with Gasteiger partial charge in [-0.3, -0.25) is 4.55 Å². The van der Waals surface area contributed by atoms with Crippen LogP contribution < -0.4 is 0 Å². The van der Waals surface area contributed by atoms with Crippen LogP contribution in [-0.4, -0.2) is 48.7 Å². The molecule has 14 heavy (non-hydrogen) atoms. The monoisotopic (exact) mass is 216 g/mol. The van der Waals surface area contributed by atoms with E-state index in [2.05, 4.69) is 0 Å². The van der Waals surface area contributed by atoms with Crippen LogP contribution in [0.25, 0.3) is 0 Å². The SMILES string of the molecule is CC(=CCCCS(=O)(=O)O)C(=O)O.[LiH]. The Morgan fingerprint density at radius 3 is 2.29 bits per heavy atom. The van der Waals surface area contributed by atoms with Crippen LogP contribution in [0.2, 0.25) is 0 Å². The zero-order valence-corrected chi connectivity index (χ0v) is 8.04. The number of hydrogen-bond acceptors (Lipinski definition) is 3. The van der Waals surface area contributed by atoms with Crippen LogP contribution in [0, 0.1) is 0 Å². The van der Waals surface area contributed by atoms with Gasteiger partial charge in [-0.15, -0.1) is 0 Å². The van der Waals surface area contributed by atoms with Crippen molar-refractivity contribution >= 4 is 34.9 Å². The Kier molecular flexibility index (Phi) is 8.16. The number of aliphatic carboxylic acids is 1. The summed E-state index contributed by atoms with van der Waals surface area (Å²) in [5.74, 6) is -1.36. The van der Waals surface area contributed by atoms with Gasteiger partial charge in [-0.05, 0) is 19.8 Å². The third-order valence-corrected chi connectivity index (χ3v) is 2.20. The van der Waals surface area contributed by atoms with E-state index in [1.54, 1.807) is 0 Å². The van der Waals surface area contributed by atoms with E-state index in [1.165, 1.54) is 13.0 Å². The predicted molar refractivity (Wildman–Crippen MR) is 54.2 cm³/mol. The van der Waals surface area contributed by atoms with Gasteiger partial charge in [-0.1, -0.05) is 6.08 Å². The molecule has 5 nitrogen and oxygen atoms in total. The molecular weight excluding hydrogens is 203 g/mol. The van der Waals surface area contributed by atoms with Gasteiger partial charge < -0.3 is 5.11 Å². The van der Waals surface area contributed by atoms with E-state index >= 15 is 0 Å². The number of carboxylic acids is 1. The molecular formula is C7H13LiO5S. The summed E-state index contributed by atoms with van der Waals surface area (Å²) < 4.78 is 28.8. The first kappa shape index (κ1) is 16.2. The van der Waals surface area contributed by atoms with Crippen molar-refractivity contribution in [2.24, 2.45) is 0 Å². The van der Waals surface area contributed by atoms with E-state index in [9.17, 15) is 13.2 Å². The molecule has 0 saturated carbocycles. The van der Waals surface area contributed by atoms with Crippen molar-refractivity contribution in [3.8, 4) is 0 Å². The number of rotatable bonds is 5. The van der Waals surface area contributed by atoms with E-state index in [0.29, 0.717) is 6.42 Å². The van der Waals surface area contributed by atoms with Crippen LogP contribution in [0.5, 0.6) is 0 Å². The molecule has 0 rings (SSSR count). The summed E-state index contributed by atoms with van der Waals surface area (Å²) in [5.41, 5.74) is 0.176. The number of hydrogen-bond donors (Lipinski definition) is 2. The molecule has 0 spiro atoms. The zero-order chi connectivity index (χ0) is 10.5. The molecule has 78 valence electrons. The summed E-state index contributed by atoms with van der Waals surface area (Å²) in [6, 6.07) is 0. The van der Waals surface area contributed by atoms with Crippen LogP contribution in [0.1, 0.15) is 19.8 Å². The second kappa shape index (κ2) is 7.07. The van der Waals surface area contributed by atoms with E-state index in [4.69, 9.17) is 9.66 Å². The summed E-state index contributed by atoms with van der Waals surface area (Å²) in [6.45, 7) is 1.43. The van der Waals surface area contributed by atoms with Crippen LogP contribution in [0.15, 0.2) is 11.6 Å². The molecule has 7 heteroatoms. The molecule has 2 N–H and O–H groups in total. The average Bonchev–Trinajstić information content (AvgIpc) is 1.95. The Bertz CT molecular complexity index is 306. The first-order valence-corrected chi connectivity index (χ1v) is 5.29. The van der Waals surface area contributed by atoms with Crippen molar-refractivity contribution in [1.82, 2.24) is 0 Å². The second-order valence-corrected chi connectivity index (χ2v) is 4.19. The maximum absolute atomic E-state index is 10.3. The molecule has 0 fully saturated rings. The van der Waals surface area contributed by atoms with Crippen LogP contribution in [0.3, 0.4) is 0 Å². The first-order valence-electron chi connectivity index (χ1n) is 3.68. The fraction of sp³-hybridized carbons (Fsp3) is 0.571. The molecule has 0 aromatic carbocycles. The van der Waals surface area contributed by atoms with Gasteiger partial charge in [0.1, 0.15) is 0 Å². The van der Waals surface area contributed by atoms with Crippen molar-refractivity contribution in [1.29, 1.82) is 0 Å². The molecule has 0 aliphatic rings. The van der Waals surface area contributed by atoms with Gasteiger partial charge in [0, 0.05) is 5.57 Å². The number of unbranched alkanes of at least 4 members (excludes halogenated alkanes) is 1. The van der Waals surface area contributed by atoms with Crippen molar-refractivity contribution in [3.05, 3.63) is 11.6 Å². The summed E-state index contributed by atoms with van der Waals surface area (Å²) in [6.07, 6.45) is 1.98. The molecule has 0 saturated heterocycles. The third-order valence-electron chi connectivity index (χ3n) is 1.39. The van der Waals surface area contributed by atoms with Gasteiger partial charge in [-0.25, -0.2) is 4.79 Å². The fourth-order valence-electron chi connectivity index (χ4n) is 0.672. The Labute approximate surface area is 95.1 Å². The zero-order valence-electron chi connectivity index (χ0n) is 7.23. The Morgan fingerprint density at radius 2 is 1.93 bits per heavy atom. The first-order chi connectivity index (χ1) is 5.83. The average molecular weight is 216 g/mol. The Morgan fingerprint density at radius 1 is 1.43 bits per heavy atom. The molecule has 0 aliphatic carbocycles. The van der Waals surface area contributed by atoms with Crippen molar-refractivity contribution in [2.75, 3.05) is 5.75 Å². The number of allylic oxidation sites excluding steroid dienone is 1. The number of carboxylic acid groups (broad SMARTS) is 1. The van der Waals surface area contributed by atoms with Gasteiger partial charge >= 0.3 is 24.8 Å². The Hall–Kier alpha value is -0.283. The normalized spacial score (nSPS) is 12.0. The van der Waals surface area contributed by atoms with Crippen molar-refractivity contribution in [3.63, 3.8) is 0 Å². The van der Waals surface area contributed by atoms with Gasteiger partial charge in [-0.2, -0.15) is 8.42 Å². The summed E-state index contributed by atoms with van der Waals surface area (Å²) in [7, 11) is -3.92. The standard InChI is InChI=1S/C7H12O5S.Li.H/c1-6(7(8)9)4-2-3-5-13(10,11)12;;/h4H,2-3,5H2,1H3,(H,8,9)(H,10,11,12);;. The minimum atomic E-state index is -3.92. The summed E-state index contributed by atoms with van der Waals surface area (Å²) in [4.78, 5) is 10.3. The van der Waals surface area contributed by atoms with Crippen LogP contribution in [0.4, 0.5) is 0 Å². The van der Waals surface area contributed by atoms with Crippen molar-refractivity contribution < 1.29 is 22.9 Å². The summed E-state index contributed by atoms with van der Waals surface area (Å²) >= 11 is 0. The van der Waals surface area contributed by atoms with Gasteiger partial charge in [0.05, 0.1) is 5.75 Å². The van der Waals surface area contributed by atoms with Gasteiger partial charge in [0.15, 0.2) is 0 Å². The molecule has 0 bridgehead atoms. The summed E-state index contributed by atoms with van der Waals surface area (Å²) in [5, 5.41) is 8.41. The molecule has 0 aromatic rings. The molecule has 0 aromatic heterocycles. The van der Waals surface area contributed by atoms with E-state index in [0.717, 1.165) is 0 Å². The molecule has 0 amide bonds. The molecule has 0 radical (unpaired) electrons. The molecule has 0 unspecified atom stereocenters. The van der Waals surface area contributed by atoms with E-state index in [-0.39, 0.29) is 36.6 Å². The topological polar surface area (TPSA) is 91.7 Å². The predicted octanol–water partition coefficient (Wildman–Crippen LogP) is 0.0368. The number of carbonyl (C=O) groups is 1. The van der Waals surface area contributed by atoms with Gasteiger partial charge in [0.2, 0.25) is 0 Å². The quantitative estimate of drug-likeness (QED) is 0.293. The molecule has 0 heterocycles. The van der Waals surface area contributed by atoms with Gasteiger partial charge in [0.25, 0.3) is 10.1 Å². The molecule has 0 aliphatic heterocycles. The van der Waals surface area contributed by atoms with Crippen LogP contribution >= 0.6 is 0 Å². The third kappa shape index (κ3) is 9.80. The fourth-order valence-corrected chi connectivity index (χ4v) is 1.20. The maximum atomic E-state index is 10.3. The van der Waals surface area contributed by atoms with E-state index < -0.39 is 16.1 Å².